The maximum absolute atomic E-state index is 12.9. The molecule has 0 saturated carbocycles. The Balaban J connectivity index is 0.00000289. The lowest BCUT2D eigenvalue weighted by molar-refractivity contribution is 0.0914. The van der Waals surface area contributed by atoms with Crippen molar-refractivity contribution in [1.29, 1.82) is 0 Å². The summed E-state index contributed by atoms with van der Waals surface area (Å²) in [7, 11) is 0. The Morgan fingerprint density at radius 1 is 1.28 bits per heavy atom. The summed E-state index contributed by atoms with van der Waals surface area (Å²) < 4.78 is 38.5. The molecule has 102 valence electrons. The Morgan fingerprint density at radius 3 is 2.11 bits per heavy atom. The SMILES string of the molecule is CC(C)(CN)NC(=O)c1cc(F)c(F)c(F)c1.Cl. The summed E-state index contributed by atoms with van der Waals surface area (Å²) in [5.74, 6) is -5.11. The standard InChI is InChI=1S/C11H13F3N2O.ClH/c1-11(2,5-15)16-10(17)6-3-7(12)9(14)8(13)4-6;/h3-4H,5,15H2,1-2H3,(H,16,17);1H. The van der Waals surface area contributed by atoms with Gasteiger partial charge in [0, 0.05) is 17.6 Å². The van der Waals surface area contributed by atoms with Gasteiger partial charge in [-0.25, -0.2) is 13.2 Å². The zero-order valence-corrected chi connectivity index (χ0v) is 10.7. The van der Waals surface area contributed by atoms with Crippen molar-refractivity contribution >= 4 is 18.3 Å². The molecule has 0 heterocycles. The number of carbonyl (C=O) groups excluding carboxylic acids is 1. The van der Waals surface area contributed by atoms with Crippen molar-refractivity contribution in [3.05, 3.63) is 35.1 Å². The Hall–Kier alpha value is -1.27. The van der Waals surface area contributed by atoms with E-state index in [0.29, 0.717) is 12.1 Å². The monoisotopic (exact) mass is 282 g/mol. The second kappa shape index (κ2) is 6.06. The molecule has 7 heteroatoms. The number of hydrogen-bond donors (Lipinski definition) is 2. The van der Waals surface area contributed by atoms with Crippen LogP contribution in [0.15, 0.2) is 12.1 Å². The van der Waals surface area contributed by atoms with Crippen molar-refractivity contribution in [1.82, 2.24) is 5.32 Å². The number of amides is 1. The molecule has 1 rings (SSSR count). The third-order valence-corrected chi connectivity index (χ3v) is 2.21. The molecular formula is C11H14ClF3N2O. The van der Waals surface area contributed by atoms with Crippen LogP contribution in [-0.2, 0) is 0 Å². The van der Waals surface area contributed by atoms with Crippen molar-refractivity contribution in [2.75, 3.05) is 6.54 Å². The van der Waals surface area contributed by atoms with E-state index in [4.69, 9.17) is 5.73 Å². The summed E-state index contributed by atoms with van der Waals surface area (Å²) in [6.45, 7) is 3.47. The molecule has 0 atom stereocenters. The average molecular weight is 283 g/mol. The lowest BCUT2D eigenvalue weighted by Gasteiger charge is -2.24. The molecule has 1 aromatic rings. The second-order valence-electron chi connectivity index (χ2n) is 4.30. The van der Waals surface area contributed by atoms with Gasteiger partial charge >= 0.3 is 0 Å². The second-order valence-corrected chi connectivity index (χ2v) is 4.30. The van der Waals surface area contributed by atoms with Crippen LogP contribution in [0.25, 0.3) is 0 Å². The molecule has 3 N–H and O–H groups in total. The van der Waals surface area contributed by atoms with Crippen LogP contribution in [0.2, 0.25) is 0 Å². The number of carbonyl (C=O) groups is 1. The first-order chi connectivity index (χ1) is 7.76. The number of nitrogens with one attached hydrogen (secondary N) is 1. The first kappa shape index (κ1) is 16.7. The topological polar surface area (TPSA) is 55.1 Å². The van der Waals surface area contributed by atoms with Crippen molar-refractivity contribution < 1.29 is 18.0 Å². The molecule has 1 aromatic carbocycles. The van der Waals surface area contributed by atoms with Gasteiger partial charge in [0.1, 0.15) is 0 Å². The molecule has 0 aliphatic rings. The highest BCUT2D eigenvalue weighted by atomic mass is 35.5. The summed E-state index contributed by atoms with van der Waals surface area (Å²) in [6.07, 6.45) is 0. The molecule has 0 bridgehead atoms. The van der Waals surface area contributed by atoms with E-state index >= 15 is 0 Å². The van der Waals surface area contributed by atoms with E-state index in [1.807, 2.05) is 0 Å². The summed E-state index contributed by atoms with van der Waals surface area (Å²) in [5.41, 5.74) is 4.39. The first-order valence-electron chi connectivity index (χ1n) is 4.94. The average Bonchev–Trinajstić information content (AvgIpc) is 2.24. The molecule has 0 radical (unpaired) electrons. The first-order valence-corrected chi connectivity index (χ1v) is 4.94. The molecule has 1 amide bonds. The van der Waals surface area contributed by atoms with Crippen molar-refractivity contribution in [3.63, 3.8) is 0 Å². The van der Waals surface area contributed by atoms with Crippen molar-refractivity contribution in [2.45, 2.75) is 19.4 Å². The molecule has 0 spiro atoms. The Labute approximate surface area is 109 Å². The molecule has 0 aliphatic heterocycles. The smallest absolute Gasteiger partial charge is 0.251 e. The highest BCUT2D eigenvalue weighted by Crippen LogP contribution is 2.14. The normalized spacial score (nSPS) is 10.8. The summed E-state index contributed by atoms with van der Waals surface area (Å²) in [5, 5.41) is 2.48. The van der Waals surface area contributed by atoms with Gasteiger partial charge in [0.15, 0.2) is 17.5 Å². The number of benzene rings is 1. The molecule has 3 nitrogen and oxygen atoms in total. The zero-order valence-electron chi connectivity index (χ0n) is 9.89. The minimum absolute atomic E-state index is 0. The fourth-order valence-corrected chi connectivity index (χ4v) is 1.12. The number of rotatable bonds is 3. The summed E-state index contributed by atoms with van der Waals surface area (Å²) >= 11 is 0. The minimum Gasteiger partial charge on any atom is -0.346 e. The molecule has 0 unspecified atom stereocenters. The van der Waals surface area contributed by atoms with E-state index in [2.05, 4.69) is 5.32 Å². The van der Waals surface area contributed by atoms with Crippen LogP contribution in [0, 0.1) is 17.5 Å². The largest absolute Gasteiger partial charge is 0.346 e. The van der Waals surface area contributed by atoms with E-state index in [9.17, 15) is 18.0 Å². The van der Waals surface area contributed by atoms with Gasteiger partial charge in [0.25, 0.3) is 5.91 Å². The van der Waals surface area contributed by atoms with Crippen molar-refractivity contribution in [3.8, 4) is 0 Å². The lowest BCUT2D eigenvalue weighted by atomic mass is 10.1. The van der Waals surface area contributed by atoms with Crippen LogP contribution < -0.4 is 11.1 Å². The predicted molar refractivity (Wildman–Crippen MR) is 64.2 cm³/mol. The van der Waals surface area contributed by atoms with E-state index in [-0.39, 0.29) is 24.5 Å². The highest BCUT2D eigenvalue weighted by Gasteiger charge is 2.21. The predicted octanol–water partition coefficient (Wildman–Crippen LogP) is 1.99. The summed E-state index contributed by atoms with van der Waals surface area (Å²) in [4.78, 5) is 11.6. The Morgan fingerprint density at radius 2 is 1.72 bits per heavy atom. The maximum atomic E-state index is 12.9. The van der Waals surface area contributed by atoms with Gasteiger partial charge in [-0.2, -0.15) is 0 Å². The molecular weight excluding hydrogens is 269 g/mol. The maximum Gasteiger partial charge on any atom is 0.251 e. The van der Waals surface area contributed by atoms with Gasteiger partial charge < -0.3 is 11.1 Å². The molecule has 18 heavy (non-hydrogen) atoms. The molecule has 0 aromatic heterocycles. The zero-order chi connectivity index (χ0) is 13.2. The lowest BCUT2D eigenvalue weighted by Crippen LogP contribution is -2.48. The highest BCUT2D eigenvalue weighted by molar-refractivity contribution is 5.94. The van der Waals surface area contributed by atoms with Gasteiger partial charge in [-0.05, 0) is 26.0 Å². The van der Waals surface area contributed by atoms with Crippen LogP contribution >= 0.6 is 12.4 Å². The van der Waals surface area contributed by atoms with Gasteiger partial charge in [-0.3, -0.25) is 4.79 Å². The minimum atomic E-state index is -1.60. The van der Waals surface area contributed by atoms with Crippen LogP contribution in [0.4, 0.5) is 13.2 Å². The summed E-state index contributed by atoms with van der Waals surface area (Å²) in [6, 6.07) is 1.28. The Kier molecular flexibility index (Phi) is 5.63. The molecule has 0 saturated heterocycles. The third kappa shape index (κ3) is 3.89. The fraction of sp³-hybridized carbons (Fsp3) is 0.364. The Bertz CT molecular complexity index is 429. The van der Waals surface area contributed by atoms with Crippen LogP contribution in [0.1, 0.15) is 24.2 Å². The molecule has 0 aliphatic carbocycles. The third-order valence-electron chi connectivity index (χ3n) is 2.21. The van der Waals surface area contributed by atoms with E-state index < -0.39 is 28.9 Å². The van der Waals surface area contributed by atoms with Gasteiger partial charge in [-0.15, -0.1) is 12.4 Å². The fourth-order valence-electron chi connectivity index (χ4n) is 1.12. The van der Waals surface area contributed by atoms with Gasteiger partial charge in [-0.1, -0.05) is 0 Å². The number of hydrogen-bond acceptors (Lipinski definition) is 2. The van der Waals surface area contributed by atoms with Gasteiger partial charge in [0.2, 0.25) is 0 Å². The number of halogens is 4. The molecule has 0 fully saturated rings. The van der Waals surface area contributed by atoms with Gasteiger partial charge in [0.05, 0.1) is 0 Å². The van der Waals surface area contributed by atoms with Crippen LogP contribution in [-0.4, -0.2) is 18.0 Å². The van der Waals surface area contributed by atoms with E-state index in [1.165, 1.54) is 0 Å². The van der Waals surface area contributed by atoms with E-state index in [1.54, 1.807) is 13.8 Å². The van der Waals surface area contributed by atoms with E-state index in [0.717, 1.165) is 0 Å². The van der Waals surface area contributed by atoms with Crippen LogP contribution in [0.5, 0.6) is 0 Å². The quantitative estimate of drug-likeness (QED) is 0.833. The van der Waals surface area contributed by atoms with Crippen molar-refractivity contribution in [2.24, 2.45) is 5.73 Å². The van der Waals surface area contributed by atoms with Crippen LogP contribution in [0.3, 0.4) is 0 Å². The number of nitrogens with two attached hydrogens (primary N) is 1.